The van der Waals surface area contributed by atoms with Crippen LogP contribution in [0.4, 0.5) is 0 Å². The monoisotopic (exact) mass is 271 g/mol. The highest BCUT2D eigenvalue weighted by Crippen LogP contribution is 2.08. The van der Waals surface area contributed by atoms with E-state index in [1.54, 1.807) is 0 Å². The molecule has 4 heteroatoms. The smallest absolute Gasteiger partial charge is 0.0701 e. The van der Waals surface area contributed by atoms with Crippen molar-refractivity contribution >= 4 is 0 Å². The second-order valence-electron chi connectivity index (χ2n) is 4.78. The molecule has 0 spiro atoms. The quantitative estimate of drug-likeness (QED) is 0.411. The van der Waals surface area contributed by atoms with Crippen LogP contribution in [0.3, 0.4) is 0 Å². The number of hydrogen-bond donors (Lipinski definition) is 1. The van der Waals surface area contributed by atoms with E-state index in [9.17, 15) is 0 Å². The van der Waals surface area contributed by atoms with Gasteiger partial charge in [0.25, 0.3) is 0 Å². The maximum Gasteiger partial charge on any atom is 0.0701 e. The molecule has 0 bridgehead atoms. The van der Waals surface area contributed by atoms with Crippen molar-refractivity contribution in [2.45, 2.75) is 38.6 Å². The number of hydrogen-bond acceptors (Lipinski definition) is 4. The molecule has 0 fully saturated rings. The molecular weight excluding hydrogens is 242 g/mol. The van der Waals surface area contributed by atoms with Crippen LogP contribution in [0.5, 0.6) is 0 Å². The molecular formula is C15H29NO3. The summed E-state index contributed by atoms with van der Waals surface area (Å²) < 4.78 is 16.3. The third-order valence-corrected chi connectivity index (χ3v) is 3.07. The minimum absolute atomic E-state index is 0.625. The van der Waals surface area contributed by atoms with Crippen molar-refractivity contribution in [1.82, 2.24) is 5.32 Å². The lowest BCUT2D eigenvalue weighted by atomic mass is 10.2. The van der Waals surface area contributed by atoms with Crippen LogP contribution in [0.1, 0.15) is 32.6 Å². The molecule has 0 aromatic heterocycles. The molecule has 0 aromatic carbocycles. The van der Waals surface area contributed by atoms with Crippen LogP contribution >= 0.6 is 0 Å². The molecule has 0 saturated carbocycles. The summed E-state index contributed by atoms with van der Waals surface area (Å²) in [7, 11) is 0. The van der Waals surface area contributed by atoms with E-state index in [2.05, 4.69) is 24.4 Å². The fourth-order valence-electron chi connectivity index (χ4n) is 1.91. The van der Waals surface area contributed by atoms with Gasteiger partial charge in [-0.15, -0.1) is 0 Å². The molecule has 19 heavy (non-hydrogen) atoms. The van der Waals surface area contributed by atoms with Crippen LogP contribution < -0.4 is 5.32 Å². The predicted octanol–water partition coefficient (Wildman–Crippen LogP) is 2.14. The highest BCUT2D eigenvalue weighted by Gasteiger charge is 2.07. The summed E-state index contributed by atoms with van der Waals surface area (Å²) in [4.78, 5) is 0. The highest BCUT2D eigenvalue weighted by atomic mass is 16.5. The first-order chi connectivity index (χ1) is 9.43. The first kappa shape index (κ1) is 16.6. The van der Waals surface area contributed by atoms with E-state index in [1.165, 1.54) is 6.42 Å². The third-order valence-electron chi connectivity index (χ3n) is 3.07. The van der Waals surface area contributed by atoms with Gasteiger partial charge < -0.3 is 19.5 Å². The number of ether oxygens (including phenoxy) is 3. The summed E-state index contributed by atoms with van der Waals surface area (Å²) in [5.74, 6) is 0. The Kier molecular flexibility index (Phi) is 11.0. The van der Waals surface area contributed by atoms with Crippen LogP contribution in [0, 0.1) is 0 Å². The second-order valence-corrected chi connectivity index (χ2v) is 4.78. The van der Waals surface area contributed by atoms with Gasteiger partial charge in [-0.2, -0.15) is 0 Å². The lowest BCUT2D eigenvalue weighted by Gasteiger charge is -2.12. The topological polar surface area (TPSA) is 39.7 Å². The Morgan fingerprint density at radius 3 is 2.11 bits per heavy atom. The van der Waals surface area contributed by atoms with Crippen molar-refractivity contribution in [3.8, 4) is 0 Å². The van der Waals surface area contributed by atoms with E-state index >= 15 is 0 Å². The molecule has 1 aliphatic rings. The molecule has 0 unspecified atom stereocenters. The standard InChI is InChI=1S/C15H29NO3/c1-2-3-9-17-11-13-19-14-12-18-10-8-16-15-6-4-5-7-15/h4-5,15-16H,2-3,6-14H2,1H3. The zero-order chi connectivity index (χ0) is 13.6. The predicted molar refractivity (Wildman–Crippen MR) is 77.5 cm³/mol. The first-order valence-corrected chi connectivity index (χ1v) is 7.55. The molecule has 1 rings (SSSR count). The van der Waals surface area contributed by atoms with Crippen LogP contribution in [0.25, 0.3) is 0 Å². The molecule has 0 amide bonds. The molecule has 4 nitrogen and oxygen atoms in total. The number of rotatable bonds is 13. The van der Waals surface area contributed by atoms with Gasteiger partial charge >= 0.3 is 0 Å². The van der Waals surface area contributed by atoms with Crippen molar-refractivity contribution in [2.24, 2.45) is 0 Å². The van der Waals surface area contributed by atoms with Crippen LogP contribution in [0.2, 0.25) is 0 Å². The first-order valence-electron chi connectivity index (χ1n) is 7.55. The van der Waals surface area contributed by atoms with E-state index < -0.39 is 0 Å². The van der Waals surface area contributed by atoms with Gasteiger partial charge in [-0.25, -0.2) is 0 Å². The molecule has 0 saturated heterocycles. The Hall–Kier alpha value is -0.420. The summed E-state index contributed by atoms with van der Waals surface area (Å²) in [5.41, 5.74) is 0. The van der Waals surface area contributed by atoms with Crippen LogP contribution in [-0.4, -0.2) is 52.2 Å². The molecule has 0 heterocycles. The molecule has 0 aromatic rings. The highest BCUT2D eigenvalue weighted by molar-refractivity contribution is 4.97. The van der Waals surface area contributed by atoms with Gasteiger partial charge in [-0.3, -0.25) is 0 Å². The number of unbranched alkanes of at least 4 members (excludes halogenated alkanes) is 1. The Labute approximate surface area is 117 Å². The van der Waals surface area contributed by atoms with Crippen molar-refractivity contribution < 1.29 is 14.2 Å². The van der Waals surface area contributed by atoms with Crippen LogP contribution in [0.15, 0.2) is 12.2 Å². The van der Waals surface area contributed by atoms with Crippen molar-refractivity contribution in [3.05, 3.63) is 12.2 Å². The Bertz CT molecular complexity index is 213. The second kappa shape index (κ2) is 12.6. The van der Waals surface area contributed by atoms with Gasteiger partial charge in [0.05, 0.1) is 33.0 Å². The average molecular weight is 271 g/mol. The van der Waals surface area contributed by atoms with Gasteiger partial charge in [0, 0.05) is 19.2 Å². The summed E-state index contributed by atoms with van der Waals surface area (Å²) in [6.07, 6.45) is 9.08. The Balaban J connectivity index is 1.67. The molecule has 1 aliphatic carbocycles. The summed E-state index contributed by atoms with van der Waals surface area (Å²) in [6.45, 7) is 7.36. The fourth-order valence-corrected chi connectivity index (χ4v) is 1.91. The van der Waals surface area contributed by atoms with Gasteiger partial charge in [-0.1, -0.05) is 25.5 Å². The normalized spacial score (nSPS) is 15.4. The van der Waals surface area contributed by atoms with E-state index in [0.717, 1.165) is 39.0 Å². The minimum Gasteiger partial charge on any atom is -0.379 e. The van der Waals surface area contributed by atoms with E-state index in [-0.39, 0.29) is 0 Å². The van der Waals surface area contributed by atoms with Gasteiger partial charge in [0.1, 0.15) is 0 Å². The van der Waals surface area contributed by atoms with Crippen molar-refractivity contribution in [1.29, 1.82) is 0 Å². The van der Waals surface area contributed by atoms with Gasteiger partial charge in [-0.05, 0) is 19.3 Å². The average Bonchev–Trinajstić information content (AvgIpc) is 2.93. The number of nitrogens with one attached hydrogen (secondary N) is 1. The van der Waals surface area contributed by atoms with Gasteiger partial charge in [0.2, 0.25) is 0 Å². The summed E-state index contributed by atoms with van der Waals surface area (Å²) >= 11 is 0. The summed E-state index contributed by atoms with van der Waals surface area (Å²) in [6, 6.07) is 0.625. The fraction of sp³-hybridized carbons (Fsp3) is 0.867. The zero-order valence-electron chi connectivity index (χ0n) is 12.2. The van der Waals surface area contributed by atoms with E-state index in [1.807, 2.05) is 0 Å². The van der Waals surface area contributed by atoms with Gasteiger partial charge in [0.15, 0.2) is 0 Å². The SMILES string of the molecule is CCCCOCCOCCOCCNC1CC=CC1. The van der Waals surface area contributed by atoms with Crippen molar-refractivity contribution in [3.63, 3.8) is 0 Å². The molecule has 0 radical (unpaired) electrons. The maximum atomic E-state index is 5.49. The Morgan fingerprint density at radius 2 is 1.47 bits per heavy atom. The third kappa shape index (κ3) is 10.1. The molecule has 0 aliphatic heterocycles. The van der Waals surface area contributed by atoms with Crippen LogP contribution in [-0.2, 0) is 14.2 Å². The van der Waals surface area contributed by atoms with Crippen molar-refractivity contribution in [2.75, 3.05) is 46.2 Å². The largest absolute Gasteiger partial charge is 0.379 e. The van der Waals surface area contributed by atoms with E-state index in [0.29, 0.717) is 32.5 Å². The Morgan fingerprint density at radius 1 is 0.895 bits per heavy atom. The molecule has 1 N–H and O–H groups in total. The molecule has 0 atom stereocenters. The maximum absolute atomic E-state index is 5.49. The zero-order valence-corrected chi connectivity index (χ0v) is 12.2. The minimum atomic E-state index is 0.625. The molecule has 112 valence electrons. The lowest BCUT2D eigenvalue weighted by molar-refractivity contribution is 0.0144. The summed E-state index contributed by atoms with van der Waals surface area (Å²) in [5, 5.41) is 3.46. The van der Waals surface area contributed by atoms with E-state index in [4.69, 9.17) is 14.2 Å². The lowest BCUT2D eigenvalue weighted by Crippen LogP contribution is -2.30.